The summed E-state index contributed by atoms with van der Waals surface area (Å²) in [6.45, 7) is 6.11. The Bertz CT molecular complexity index is 268. The van der Waals surface area contributed by atoms with Gasteiger partial charge in [-0.15, -0.1) is 0 Å². The summed E-state index contributed by atoms with van der Waals surface area (Å²) in [6.07, 6.45) is 10.8. The second-order valence-corrected chi connectivity index (χ2v) is 5.82. The van der Waals surface area contributed by atoms with Gasteiger partial charge in [0.2, 0.25) is 11.8 Å². The normalized spacial score (nSPS) is 10.6. The number of amides is 2. The van der Waals surface area contributed by atoms with E-state index in [4.69, 9.17) is 5.73 Å². The van der Waals surface area contributed by atoms with Crippen LogP contribution in [0.5, 0.6) is 0 Å². The summed E-state index contributed by atoms with van der Waals surface area (Å²) < 4.78 is 0. The van der Waals surface area contributed by atoms with Crippen LogP contribution in [0.2, 0.25) is 0 Å². The third-order valence-corrected chi connectivity index (χ3v) is 3.73. The van der Waals surface area contributed by atoms with E-state index in [0.717, 1.165) is 25.9 Å². The molecule has 0 radical (unpaired) electrons. The molecule has 0 spiro atoms. The third-order valence-electron chi connectivity index (χ3n) is 3.73. The van der Waals surface area contributed by atoms with Crippen LogP contribution in [0.4, 0.5) is 0 Å². The SMILES string of the molecule is CCCCCCN(CCCCCC)C(=O)CCCC(N)=O. The lowest BCUT2D eigenvalue weighted by molar-refractivity contribution is -0.131. The highest BCUT2D eigenvalue weighted by Gasteiger charge is 2.12. The number of carbonyl (C=O) groups excluding carboxylic acids is 2. The van der Waals surface area contributed by atoms with Crippen molar-refractivity contribution in [2.45, 2.75) is 84.5 Å². The zero-order valence-electron chi connectivity index (χ0n) is 14.0. The van der Waals surface area contributed by atoms with E-state index in [2.05, 4.69) is 13.8 Å². The molecule has 21 heavy (non-hydrogen) atoms. The van der Waals surface area contributed by atoms with Crippen molar-refractivity contribution in [2.24, 2.45) is 5.73 Å². The largest absolute Gasteiger partial charge is 0.370 e. The molecule has 0 aliphatic carbocycles. The predicted octanol–water partition coefficient (Wildman–Crippen LogP) is 3.63. The standard InChI is InChI=1S/C17H34N2O2/c1-3-5-7-9-14-19(15-10-8-6-4-2)17(21)13-11-12-16(18)20/h3-15H2,1-2H3,(H2,18,20). The molecule has 0 aromatic heterocycles. The van der Waals surface area contributed by atoms with Crippen molar-refractivity contribution >= 4 is 11.8 Å². The summed E-state index contributed by atoms with van der Waals surface area (Å²) in [4.78, 5) is 25.0. The lowest BCUT2D eigenvalue weighted by atomic mass is 10.1. The molecule has 0 aromatic carbocycles. The highest BCUT2D eigenvalue weighted by atomic mass is 16.2. The first-order chi connectivity index (χ1) is 10.1. The molecule has 4 heteroatoms. The van der Waals surface area contributed by atoms with E-state index in [1.54, 1.807) is 0 Å². The fourth-order valence-corrected chi connectivity index (χ4v) is 2.39. The molecule has 2 amide bonds. The number of rotatable bonds is 14. The molecular weight excluding hydrogens is 264 g/mol. The molecule has 0 atom stereocenters. The number of primary amides is 1. The van der Waals surface area contributed by atoms with Crippen LogP contribution < -0.4 is 5.73 Å². The molecule has 0 aliphatic heterocycles. The topological polar surface area (TPSA) is 63.4 Å². The molecule has 0 saturated carbocycles. The van der Waals surface area contributed by atoms with Crippen LogP contribution >= 0.6 is 0 Å². The van der Waals surface area contributed by atoms with Crippen molar-refractivity contribution in [2.75, 3.05) is 13.1 Å². The molecule has 0 aliphatic rings. The molecule has 0 saturated heterocycles. The van der Waals surface area contributed by atoms with Gasteiger partial charge in [-0.2, -0.15) is 0 Å². The van der Waals surface area contributed by atoms with Gasteiger partial charge in [0.1, 0.15) is 0 Å². The van der Waals surface area contributed by atoms with E-state index < -0.39 is 0 Å². The maximum absolute atomic E-state index is 12.2. The van der Waals surface area contributed by atoms with E-state index in [9.17, 15) is 9.59 Å². The molecule has 0 bridgehead atoms. The fraction of sp³-hybridized carbons (Fsp3) is 0.882. The fourth-order valence-electron chi connectivity index (χ4n) is 2.39. The summed E-state index contributed by atoms with van der Waals surface area (Å²) in [6, 6.07) is 0. The lowest BCUT2D eigenvalue weighted by Crippen LogP contribution is -2.33. The first-order valence-electron chi connectivity index (χ1n) is 8.67. The van der Waals surface area contributed by atoms with Crippen molar-refractivity contribution in [3.05, 3.63) is 0 Å². The zero-order valence-corrected chi connectivity index (χ0v) is 14.0. The highest BCUT2D eigenvalue weighted by Crippen LogP contribution is 2.08. The second-order valence-electron chi connectivity index (χ2n) is 5.82. The Balaban J connectivity index is 4.07. The Hall–Kier alpha value is -1.06. The average molecular weight is 298 g/mol. The van der Waals surface area contributed by atoms with Crippen molar-refractivity contribution in [3.8, 4) is 0 Å². The minimum atomic E-state index is -0.319. The maximum Gasteiger partial charge on any atom is 0.222 e. The van der Waals surface area contributed by atoms with Crippen LogP contribution in [0.1, 0.15) is 84.5 Å². The Kier molecular flexibility index (Phi) is 13.2. The lowest BCUT2D eigenvalue weighted by Gasteiger charge is -2.23. The first-order valence-corrected chi connectivity index (χ1v) is 8.67. The van der Waals surface area contributed by atoms with E-state index in [-0.39, 0.29) is 11.8 Å². The van der Waals surface area contributed by atoms with Crippen LogP contribution in [-0.4, -0.2) is 29.8 Å². The van der Waals surface area contributed by atoms with Crippen molar-refractivity contribution < 1.29 is 9.59 Å². The van der Waals surface area contributed by atoms with Crippen LogP contribution in [-0.2, 0) is 9.59 Å². The van der Waals surface area contributed by atoms with Gasteiger partial charge in [0, 0.05) is 25.9 Å². The third kappa shape index (κ3) is 12.4. The van der Waals surface area contributed by atoms with Gasteiger partial charge in [0.05, 0.1) is 0 Å². The van der Waals surface area contributed by atoms with E-state index >= 15 is 0 Å². The monoisotopic (exact) mass is 298 g/mol. The van der Waals surface area contributed by atoms with Gasteiger partial charge in [-0.3, -0.25) is 9.59 Å². The summed E-state index contributed by atoms with van der Waals surface area (Å²) in [5, 5.41) is 0. The van der Waals surface area contributed by atoms with E-state index in [1.807, 2.05) is 4.90 Å². The average Bonchev–Trinajstić information content (AvgIpc) is 2.45. The molecule has 0 heterocycles. The quantitative estimate of drug-likeness (QED) is 0.498. The number of unbranched alkanes of at least 4 members (excludes halogenated alkanes) is 6. The number of nitrogens with zero attached hydrogens (tertiary/aromatic N) is 1. The zero-order chi connectivity index (χ0) is 15.9. The Labute approximate surface area is 130 Å². The van der Waals surface area contributed by atoms with Crippen LogP contribution in [0.3, 0.4) is 0 Å². The number of hydrogen-bond donors (Lipinski definition) is 1. The second kappa shape index (κ2) is 13.9. The molecule has 0 aromatic rings. The minimum absolute atomic E-state index is 0.184. The van der Waals surface area contributed by atoms with Crippen molar-refractivity contribution in [1.29, 1.82) is 0 Å². The minimum Gasteiger partial charge on any atom is -0.370 e. The molecule has 124 valence electrons. The predicted molar refractivity (Wildman–Crippen MR) is 87.9 cm³/mol. The smallest absolute Gasteiger partial charge is 0.222 e. The first kappa shape index (κ1) is 19.9. The summed E-state index contributed by atoms with van der Waals surface area (Å²) in [5.74, 6) is -0.135. The molecule has 0 unspecified atom stereocenters. The summed E-state index contributed by atoms with van der Waals surface area (Å²) in [5.41, 5.74) is 5.12. The molecule has 0 fully saturated rings. The number of nitrogens with two attached hydrogens (primary N) is 1. The number of hydrogen-bond acceptors (Lipinski definition) is 2. The molecule has 4 nitrogen and oxygen atoms in total. The van der Waals surface area contributed by atoms with Crippen LogP contribution in [0, 0.1) is 0 Å². The highest BCUT2D eigenvalue weighted by molar-refractivity contribution is 5.78. The van der Waals surface area contributed by atoms with Gasteiger partial charge in [-0.25, -0.2) is 0 Å². The van der Waals surface area contributed by atoms with Crippen LogP contribution in [0.25, 0.3) is 0 Å². The maximum atomic E-state index is 12.2. The van der Waals surface area contributed by atoms with Gasteiger partial charge in [0.25, 0.3) is 0 Å². The van der Waals surface area contributed by atoms with Gasteiger partial charge in [-0.05, 0) is 19.3 Å². The van der Waals surface area contributed by atoms with E-state index in [0.29, 0.717) is 19.3 Å². The molecule has 2 N–H and O–H groups in total. The Morgan fingerprint density at radius 2 is 1.29 bits per heavy atom. The van der Waals surface area contributed by atoms with Crippen molar-refractivity contribution in [3.63, 3.8) is 0 Å². The Morgan fingerprint density at radius 3 is 1.71 bits per heavy atom. The van der Waals surface area contributed by atoms with Gasteiger partial charge in [-0.1, -0.05) is 52.4 Å². The van der Waals surface area contributed by atoms with Gasteiger partial charge < -0.3 is 10.6 Å². The van der Waals surface area contributed by atoms with Gasteiger partial charge >= 0.3 is 0 Å². The number of carbonyl (C=O) groups is 2. The van der Waals surface area contributed by atoms with Crippen LogP contribution in [0.15, 0.2) is 0 Å². The Morgan fingerprint density at radius 1 is 0.762 bits per heavy atom. The van der Waals surface area contributed by atoms with Gasteiger partial charge in [0.15, 0.2) is 0 Å². The molecular formula is C17H34N2O2. The summed E-state index contributed by atoms with van der Waals surface area (Å²) >= 11 is 0. The summed E-state index contributed by atoms with van der Waals surface area (Å²) in [7, 11) is 0. The van der Waals surface area contributed by atoms with E-state index in [1.165, 1.54) is 38.5 Å². The van der Waals surface area contributed by atoms with Crippen molar-refractivity contribution in [1.82, 2.24) is 4.90 Å². The molecule has 0 rings (SSSR count).